The van der Waals surface area contributed by atoms with Crippen LogP contribution in [0.25, 0.3) is 0 Å². The van der Waals surface area contributed by atoms with Crippen LogP contribution in [0.5, 0.6) is 0 Å². The number of nitrogens with one attached hydrogen (secondary N) is 4. The lowest BCUT2D eigenvalue weighted by molar-refractivity contribution is -0.132. The van der Waals surface area contributed by atoms with Gasteiger partial charge in [-0.25, -0.2) is 13.4 Å². The second-order valence-corrected chi connectivity index (χ2v) is 16.8. The van der Waals surface area contributed by atoms with Gasteiger partial charge < -0.3 is 36.3 Å². The van der Waals surface area contributed by atoms with Gasteiger partial charge in [-0.15, -0.1) is 0 Å². The average molecular weight is 704 g/mol. The summed E-state index contributed by atoms with van der Waals surface area (Å²) < 4.78 is 25.5. The van der Waals surface area contributed by atoms with Crippen molar-refractivity contribution in [1.29, 1.82) is 0 Å². The molecule has 0 saturated heterocycles. The highest BCUT2D eigenvalue weighted by Crippen LogP contribution is 2.36. The Bertz CT molecular complexity index is 1460. The molecule has 4 rings (SSSR count). The first-order valence-electron chi connectivity index (χ1n) is 17.4. The maximum atomic E-state index is 14.1. The number of hydrogen-bond acceptors (Lipinski definition) is 9. The molecule has 0 radical (unpaired) electrons. The molecule has 2 saturated carbocycles. The Morgan fingerprint density at radius 1 is 0.980 bits per heavy atom. The number of hydrogen-bond donors (Lipinski definition) is 7. The molecule has 1 aromatic heterocycles. The van der Waals surface area contributed by atoms with Crippen molar-refractivity contribution in [2.45, 2.75) is 107 Å². The van der Waals surface area contributed by atoms with Crippen LogP contribution in [0.15, 0.2) is 42.9 Å². The summed E-state index contributed by atoms with van der Waals surface area (Å²) in [6.07, 6.45) is 8.17. The maximum absolute atomic E-state index is 14.1. The van der Waals surface area contributed by atoms with E-state index >= 15 is 0 Å². The molecule has 14 heteroatoms. The standard InChI is InChI=1S/C35H53N5O8S/c1-35(2,34(46)37-15-16-41)49(47,48)21-26(17-23-9-5-3-6-10-23)32(44)40-29(19-27-20-36-22-38-27)33(45)39-28(18-24-11-7-4-8-12-24)31(43)30(42)25-13-14-25/h3,5-6,9-10,20,22,24-26,28-31,41-43H,4,7-8,11-19,21H2,1-2H3,(H,36,38)(H,37,46)(H,39,45)(H,40,44)/t26-,28+,29+,30+,31-/m1/s1. The normalized spacial score (nSPS) is 18.9. The van der Waals surface area contributed by atoms with Gasteiger partial charge in [0.2, 0.25) is 17.7 Å². The Morgan fingerprint density at radius 2 is 1.67 bits per heavy atom. The number of imidazole rings is 1. The third kappa shape index (κ3) is 10.8. The second kappa shape index (κ2) is 17.6. The number of H-pyrrole nitrogens is 1. The Labute approximate surface area is 289 Å². The summed E-state index contributed by atoms with van der Waals surface area (Å²) in [5.41, 5.74) is 1.25. The van der Waals surface area contributed by atoms with Gasteiger partial charge in [0, 0.05) is 24.9 Å². The first-order valence-corrected chi connectivity index (χ1v) is 19.1. The Kier molecular flexibility index (Phi) is 13.8. The number of rotatable bonds is 19. The van der Waals surface area contributed by atoms with Crippen LogP contribution in [0.3, 0.4) is 0 Å². The van der Waals surface area contributed by atoms with Crippen molar-refractivity contribution in [3.63, 3.8) is 0 Å². The fourth-order valence-electron chi connectivity index (χ4n) is 6.54. The topological polar surface area (TPSA) is 211 Å². The Hall–Kier alpha value is -3.33. The number of carbonyl (C=O) groups excluding carboxylic acids is 3. The van der Waals surface area contributed by atoms with Crippen LogP contribution in [-0.4, -0.2) is 99.4 Å². The van der Waals surface area contributed by atoms with E-state index in [2.05, 4.69) is 25.9 Å². The zero-order valence-corrected chi connectivity index (χ0v) is 29.3. The second-order valence-electron chi connectivity index (χ2n) is 14.2. The van der Waals surface area contributed by atoms with E-state index in [9.17, 15) is 33.0 Å². The Morgan fingerprint density at radius 3 is 2.29 bits per heavy atom. The van der Waals surface area contributed by atoms with Crippen LogP contribution in [0.2, 0.25) is 0 Å². The number of aromatic nitrogens is 2. The monoisotopic (exact) mass is 703 g/mol. The molecule has 2 aliphatic carbocycles. The summed E-state index contributed by atoms with van der Waals surface area (Å²) in [6.45, 7) is 2.03. The molecule has 2 aromatic rings. The van der Waals surface area contributed by atoms with E-state index in [1.807, 2.05) is 0 Å². The molecule has 1 aromatic carbocycles. The van der Waals surface area contributed by atoms with E-state index in [1.54, 1.807) is 30.3 Å². The lowest BCUT2D eigenvalue weighted by Crippen LogP contribution is -2.57. The predicted molar refractivity (Wildman–Crippen MR) is 184 cm³/mol. The number of aliphatic hydroxyl groups is 3. The summed E-state index contributed by atoms with van der Waals surface area (Å²) in [7, 11) is -4.25. The molecule has 49 heavy (non-hydrogen) atoms. The van der Waals surface area contributed by atoms with E-state index in [1.165, 1.54) is 26.4 Å². The lowest BCUT2D eigenvalue weighted by atomic mass is 9.82. The van der Waals surface area contributed by atoms with Crippen molar-refractivity contribution in [3.8, 4) is 0 Å². The summed E-state index contributed by atoms with van der Waals surface area (Å²) in [6, 6.07) is 6.96. The summed E-state index contributed by atoms with van der Waals surface area (Å²) in [4.78, 5) is 47.9. The number of aromatic amines is 1. The van der Waals surface area contributed by atoms with Gasteiger partial charge in [-0.05, 0) is 56.9 Å². The van der Waals surface area contributed by atoms with Crippen molar-refractivity contribution in [2.75, 3.05) is 18.9 Å². The molecule has 7 N–H and O–H groups in total. The van der Waals surface area contributed by atoms with Gasteiger partial charge in [0.05, 0.1) is 36.8 Å². The SMILES string of the molecule is CC(C)(C(=O)NCCO)S(=O)(=O)C[C@@H](Cc1ccccc1)C(=O)N[C@@H](Cc1cnc[nH]1)C(=O)N[C@@H](CC1CCCCC1)[C@@H](O)[C@@H](O)C1CC1. The summed E-state index contributed by atoms with van der Waals surface area (Å²) in [5, 5.41) is 39.4. The Balaban J connectivity index is 1.58. The van der Waals surface area contributed by atoms with E-state index in [4.69, 9.17) is 5.11 Å². The lowest BCUT2D eigenvalue weighted by Gasteiger charge is -2.33. The highest BCUT2D eigenvalue weighted by molar-refractivity contribution is 7.93. The minimum Gasteiger partial charge on any atom is -0.395 e. The van der Waals surface area contributed by atoms with E-state index in [0.717, 1.165) is 44.9 Å². The van der Waals surface area contributed by atoms with Crippen LogP contribution in [0.4, 0.5) is 0 Å². The van der Waals surface area contributed by atoms with Gasteiger partial charge in [0.25, 0.3) is 0 Å². The number of aliphatic hydroxyl groups excluding tert-OH is 3. The van der Waals surface area contributed by atoms with E-state index < -0.39 is 68.3 Å². The molecule has 0 unspecified atom stereocenters. The molecule has 0 aliphatic heterocycles. The third-order valence-corrected chi connectivity index (χ3v) is 12.5. The van der Waals surface area contributed by atoms with Gasteiger partial charge in [-0.2, -0.15) is 0 Å². The smallest absolute Gasteiger partial charge is 0.243 e. The van der Waals surface area contributed by atoms with E-state index in [-0.39, 0.29) is 37.8 Å². The molecule has 2 aliphatic rings. The van der Waals surface area contributed by atoms with Crippen molar-refractivity contribution in [3.05, 3.63) is 54.1 Å². The van der Waals surface area contributed by atoms with Crippen LogP contribution < -0.4 is 16.0 Å². The maximum Gasteiger partial charge on any atom is 0.243 e. The molecular formula is C35H53N5O8S. The molecule has 1 heterocycles. The number of nitrogens with zero attached hydrogens (tertiary/aromatic N) is 1. The van der Waals surface area contributed by atoms with Crippen molar-refractivity contribution in [1.82, 2.24) is 25.9 Å². The fourth-order valence-corrected chi connectivity index (χ4v) is 8.11. The number of carbonyl (C=O) groups is 3. The van der Waals surface area contributed by atoms with Crippen LogP contribution in [-0.2, 0) is 37.1 Å². The van der Waals surface area contributed by atoms with E-state index in [0.29, 0.717) is 17.7 Å². The van der Waals surface area contributed by atoms with Gasteiger partial charge in [-0.1, -0.05) is 62.4 Å². The molecule has 0 spiro atoms. The van der Waals surface area contributed by atoms with Gasteiger partial charge in [-0.3, -0.25) is 14.4 Å². The molecule has 13 nitrogen and oxygen atoms in total. The molecular weight excluding hydrogens is 650 g/mol. The average Bonchev–Trinajstić information content (AvgIpc) is 3.81. The highest BCUT2D eigenvalue weighted by Gasteiger charge is 2.44. The van der Waals surface area contributed by atoms with Crippen LogP contribution >= 0.6 is 0 Å². The predicted octanol–water partition coefficient (Wildman–Crippen LogP) is 1.18. The first kappa shape index (κ1) is 38.5. The molecule has 2 fully saturated rings. The van der Waals surface area contributed by atoms with Crippen molar-refractivity contribution >= 4 is 27.6 Å². The zero-order chi connectivity index (χ0) is 35.6. The quantitative estimate of drug-likeness (QED) is 0.112. The zero-order valence-electron chi connectivity index (χ0n) is 28.5. The number of amides is 3. The number of sulfone groups is 1. The fraction of sp³-hybridized carbons (Fsp3) is 0.657. The molecule has 272 valence electrons. The van der Waals surface area contributed by atoms with Gasteiger partial charge >= 0.3 is 0 Å². The van der Waals surface area contributed by atoms with Crippen molar-refractivity contribution in [2.24, 2.45) is 17.8 Å². The van der Waals surface area contributed by atoms with Crippen molar-refractivity contribution < 1.29 is 38.1 Å². The largest absolute Gasteiger partial charge is 0.395 e. The van der Waals surface area contributed by atoms with Gasteiger partial charge in [0.15, 0.2) is 9.84 Å². The minimum absolute atomic E-state index is 0.00879. The summed E-state index contributed by atoms with van der Waals surface area (Å²) in [5.74, 6) is -3.65. The van der Waals surface area contributed by atoms with Gasteiger partial charge in [0.1, 0.15) is 16.9 Å². The van der Waals surface area contributed by atoms with Crippen LogP contribution in [0, 0.1) is 17.8 Å². The molecule has 3 amide bonds. The third-order valence-electron chi connectivity index (χ3n) is 9.96. The minimum atomic E-state index is -4.25. The summed E-state index contributed by atoms with van der Waals surface area (Å²) >= 11 is 0. The number of benzene rings is 1. The molecule has 0 bridgehead atoms. The first-order chi connectivity index (χ1) is 23.3. The van der Waals surface area contributed by atoms with Crippen LogP contribution in [0.1, 0.15) is 76.5 Å². The molecule has 5 atom stereocenters. The highest BCUT2D eigenvalue weighted by atomic mass is 32.2.